The van der Waals surface area contributed by atoms with Crippen LogP contribution in [0.3, 0.4) is 0 Å². The molecule has 0 fully saturated rings. The van der Waals surface area contributed by atoms with E-state index < -0.39 is 0 Å². The lowest BCUT2D eigenvalue weighted by Gasteiger charge is -2.09. The molecule has 0 aliphatic carbocycles. The molecular formula is C16H15N. The van der Waals surface area contributed by atoms with Crippen LogP contribution in [-0.2, 0) is 0 Å². The fourth-order valence-electron chi connectivity index (χ4n) is 2.39. The van der Waals surface area contributed by atoms with Crippen molar-refractivity contribution in [2.45, 2.75) is 13.8 Å². The molecule has 0 atom stereocenters. The average Bonchev–Trinajstić information content (AvgIpc) is 2.30. The van der Waals surface area contributed by atoms with Crippen LogP contribution in [0.15, 0.2) is 42.5 Å². The van der Waals surface area contributed by atoms with E-state index in [0.717, 1.165) is 16.5 Å². The second kappa shape index (κ2) is 3.49. The Morgan fingerprint density at radius 1 is 0.706 bits per heavy atom. The van der Waals surface area contributed by atoms with Gasteiger partial charge in [-0.1, -0.05) is 41.5 Å². The molecule has 3 aromatic rings. The molecule has 84 valence electrons. The summed E-state index contributed by atoms with van der Waals surface area (Å²) in [4.78, 5) is 0. The largest absolute Gasteiger partial charge is 0.398 e. The summed E-state index contributed by atoms with van der Waals surface area (Å²) >= 11 is 0. The van der Waals surface area contributed by atoms with E-state index in [2.05, 4.69) is 56.3 Å². The highest BCUT2D eigenvalue weighted by Crippen LogP contribution is 2.31. The molecule has 0 aliphatic heterocycles. The Bertz CT molecular complexity index is 726. The highest BCUT2D eigenvalue weighted by Gasteiger charge is 2.04. The minimum Gasteiger partial charge on any atom is -0.398 e. The van der Waals surface area contributed by atoms with Crippen molar-refractivity contribution in [3.63, 3.8) is 0 Å². The van der Waals surface area contributed by atoms with Crippen LogP contribution >= 0.6 is 0 Å². The zero-order valence-electron chi connectivity index (χ0n) is 10.1. The first-order valence-electron chi connectivity index (χ1n) is 5.84. The lowest BCUT2D eigenvalue weighted by Crippen LogP contribution is -1.90. The van der Waals surface area contributed by atoms with Crippen LogP contribution in [-0.4, -0.2) is 0 Å². The van der Waals surface area contributed by atoms with Crippen molar-refractivity contribution < 1.29 is 0 Å². The van der Waals surface area contributed by atoms with Gasteiger partial charge in [0, 0.05) is 16.5 Å². The number of hydrogen-bond donors (Lipinski definition) is 1. The number of hydrogen-bond acceptors (Lipinski definition) is 1. The van der Waals surface area contributed by atoms with Gasteiger partial charge >= 0.3 is 0 Å². The Kier molecular flexibility index (Phi) is 2.08. The molecule has 0 unspecified atom stereocenters. The normalized spacial score (nSPS) is 11.2. The molecular weight excluding hydrogens is 206 g/mol. The van der Waals surface area contributed by atoms with Crippen LogP contribution in [0.2, 0.25) is 0 Å². The summed E-state index contributed by atoms with van der Waals surface area (Å²) in [6, 6.07) is 15.1. The van der Waals surface area contributed by atoms with E-state index in [9.17, 15) is 0 Å². The van der Waals surface area contributed by atoms with E-state index in [1.54, 1.807) is 0 Å². The highest BCUT2D eigenvalue weighted by atomic mass is 14.6. The van der Waals surface area contributed by atoms with Crippen molar-refractivity contribution in [2.75, 3.05) is 5.73 Å². The summed E-state index contributed by atoms with van der Waals surface area (Å²) in [7, 11) is 0. The molecule has 0 amide bonds. The van der Waals surface area contributed by atoms with E-state index in [1.165, 1.54) is 21.9 Å². The summed E-state index contributed by atoms with van der Waals surface area (Å²) in [6.07, 6.45) is 0. The summed E-state index contributed by atoms with van der Waals surface area (Å²) in [5, 5.41) is 4.74. The lowest BCUT2D eigenvalue weighted by atomic mass is 9.98. The third-order valence-corrected chi connectivity index (χ3v) is 3.31. The molecule has 0 bridgehead atoms. The van der Waals surface area contributed by atoms with Crippen LogP contribution < -0.4 is 5.73 Å². The topological polar surface area (TPSA) is 26.0 Å². The number of aryl methyl sites for hydroxylation is 2. The van der Waals surface area contributed by atoms with Gasteiger partial charge in [-0.25, -0.2) is 0 Å². The van der Waals surface area contributed by atoms with Crippen molar-refractivity contribution in [3.8, 4) is 0 Å². The average molecular weight is 221 g/mol. The second-order valence-electron chi connectivity index (χ2n) is 4.74. The smallest absolute Gasteiger partial charge is 0.0473 e. The maximum absolute atomic E-state index is 6.27. The van der Waals surface area contributed by atoms with Crippen molar-refractivity contribution in [2.24, 2.45) is 0 Å². The standard InChI is InChI=1S/C16H15N/c1-10-4-6-14-13(7-10)9-12-5-3-11(2)8-15(12)16(14)17/h3-9H,17H2,1-2H3. The summed E-state index contributed by atoms with van der Waals surface area (Å²) < 4.78 is 0. The van der Waals surface area contributed by atoms with Crippen molar-refractivity contribution in [1.29, 1.82) is 0 Å². The molecule has 1 nitrogen and oxygen atoms in total. The molecule has 0 saturated carbocycles. The van der Waals surface area contributed by atoms with Gasteiger partial charge in [-0.3, -0.25) is 0 Å². The van der Waals surface area contributed by atoms with Gasteiger partial charge in [-0.05, 0) is 36.8 Å². The first kappa shape index (κ1) is 10.2. The lowest BCUT2D eigenvalue weighted by molar-refractivity contribution is 1.50. The quantitative estimate of drug-likeness (QED) is 0.447. The Morgan fingerprint density at radius 3 is 2.24 bits per heavy atom. The van der Waals surface area contributed by atoms with Gasteiger partial charge in [0.15, 0.2) is 0 Å². The van der Waals surface area contributed by atoms with Crippen LogP contribution in [0, 0.1) is 13.8 Å². The maximum Gasteiger partial charge on any atom is 0.0473 e. The summed E-state index contributed by atoms with van der Waals surface area (Å²) in [5.74, 6) is 0. The minimum absolute atomic E-state index is 0.890. The van der Waals surface area contributed by atoms with Gasteiger partial charge in [0.1, 0.15) is 0 Å². The predicted molar refractivity (Wildman–Crippen MR) is 75.3 cm³/mol. The third kappa shape index (κ3) is 1.55. The van der Waals surface area contributed by atoms with Crippen LogP contribution in [0.4, 0.5) is 5.69 Å². The van der Waals surface area contributed by atoms with Crippen molar-refractivity contribution in [1.82, 2.24) is 0 Å². The molecule has 0 aromatic heterocycles. The molecule has 17 heavy (non-hydrogen) atoms. The van der Waals surface area contributed by atoms with E-state index in [4.69, 9.17) is 5.73 Å². The number of fused-ring (bicyclic) bond motifs is 2. The zero-order valence-corrected chi connectivity index (χ0v) is 10.1. The second-order valence-corrected chi connectivity index (χ2v) is 4.74. The van der Waals surface area contributed by atoms with Gasteiger partial charge < -0.3 is 5.73 Å². The SMILES string of the molecule is Cc1ccc2c(N)c3cc(C)ccc3cc2c1. The summed E-state index contributed by atoms with van der Waals surface area (Å²) in [5.41, 5.74) is 9.68. The zero-order chi connectivity index (χ0) is 12.0. The Hall–Kier alpha value is -2.02. The molecule has 0 saturated heterocycles. The maximum atomic E-state index is 6.27. The van der Waals surface area contributed by atoms with Gasteiger partial charge in [-0.15, -0.1) is 0 Å². The molecule has 0 spiro atoms. The van der Waals surface area contributed by atoms with Gasteiger partial charge in [0.2, 0.25) is 0 Å². The number of rotatable bonds is 0. The Labute approximate surface area is 101 Å². The molecule has 0 aliphatic rings. The monoisotopic (exact) mass is 221 g/mol. The minimum atomic E-state index is 0.890. The van der Waals surface area contributed by atoms with Gasteiger partial charge in [0.05, 0.1) is 0 Å². The molecule has 0 heterocycles. The summed E-state index contributed by atoms with van der Waals surface area (Å²) in [6.45, 7) is 4.20. The molecule has 1 heteroatoms. The molecule has 2 N–H and O–H groups in total. The molecule has 0 radical (unpaired) electrons. The van der Waals surface area contributed by atoms with Crippen LogP contribution in [0.1, 0.15) is 11.1 Å². The van der Waals surface area contributed by atoms with Gasteiger partial charge in [0.25, 0.3) is 0 Å². The number of anilines is 1. The molecule has 3 aromatic carbocycles. The Balaban J connectivity index is 2.52. The first-order valence-corrected chi connectivity index (χ1v) is 5.84. The van der Waals surface area contributed by atoms with Gasteiger partial charge in [-0.2, -0.15) is 0 Å². The number of benzene rings is 3. The first-order chi connectivity index (χ1) is 8.15. The highest BCUT2D eigenvalue weighted by molar-refractivity contribution is 6.10. The van der Waals surface area contributed by atoms with Crippen LogP contribution in [0.5, 0.6) is 0 Å². The third-order valence-electron chi connectivity index (χ3n) is 3.31. The fourth-order valence-corrected chi connectivity index (χ4v) is 2.39. The van der Waals surface area contributed by atoms with E-state index in [-0.39, 0.29) is 0 Å². The number of nitrogens with two attached hydrogens (primary N) is 1. The van der Waals surface area contributed by atoms with E-state index >= 15 is 0 Å². The number of nitrogen functional groups attached to an aromatic ring is 1. The van der Waals surface area contributed by atoms with E-state index in [1.807, 2.05) is 0 Å². The van der Waals surface area contributed by atoms with Crippen LogP contribution in [0.25, 0.3) is 21.5 Å². The van der Waals surface area contributed by atoms with E-state index in [0.29, 0.717) is 0 Å². The predicted octanol–water partition coefficient (Wildman–Crippen LogP) is 4.19. The molecule has 3 rings (SSSR count). The van der Waals surface area contributed by atoms with Crippen molar-refractivity contribution in [3.05, 3.63) is 53.6 Å². The fraction of sp³-hybridized carbons (Fsp3) is 0.125. The Morgan fingerprint density at radius 2 is 1.41 bits per heavy atom. The van der Waals surface area contributed by atoms with Crippen molar-refractivity contribution >= 4 is 27.2 Å².